The summed E-state index contributed by atoms with van der Waals surface area (Å²) >= 11 is 1.52. The third kappa shape index (κ3) is 7.77. The Morgan fingerprint density at radius 2 is 1.97 bits per heavy atom. The number of sulfonamides is 1. The van der Waals surface area contributed by atoms with E-state index in [1.54, 1.807) is 36.5 Å². The van der Waals surface area contributed by atoms with E-state index in [-0.39, 0.29) is 18.2 Å². The number of rotatable bonds is 11. The molecule has 3 N–H and O–H groups in total. The number of thioether (sulfide) groups is 1. The fraction of sp³-hybridized carbons (Fsp3) is 0.350. The number of pyridine rings is 1. The molecule has 1 aromatic heterocycles. The number of amides is 2. The van der Waals surface area contributed by atoms with Crippen LogP contribution >= 0.6 is 11.8 Å². The Labute approximate surface area is 181 Å². The summed E-state index contributed by atoms with van der Waals surface area (Å²) in [5.74, 6) is -0.253. The van der Waals surface area contributed by atoms with Crippen molar-refractivity contribution in [2.75, 3.05) is 23.1 Å². The van der Waals surface area contributed by atoms with Crippen LogP contribution in [0.15, 0.2) is 48.7 Å². The van der Waals surface area contributed by atoms with Crippen LogP contribution in [-0.2, 0) is 21.4 Å². The first-order chi connectivity index (χ1) is 14.3. The molecule has 1 atom stereocenters. The Bertz CT molecular complexity index is 952. The van der Waals surface area contributed by atoms with Crippen LogP contribution < -0.4 is 15.4 Å². The molecule has 1 aromatic carbocycles. The van der Waals surface area contributed by atoms with Gasteiger partial charge in [-0.2, -0.15) is 11.8 Å². The molecule has 0 aliphatic rings. The summed E-state index contributed by atoms with van der Waals surface area (Å²) in [6.45, 7) is 1.80. The Morgan fingerprint density at radius 1 is 1.17 bits per heavy atom. The lowest BCUT2D eigenvalue weighted by molar-refractivity contribution is -0.117. The fourth-order valence-corrected chi connectivity index (χ4v) is 3.82. The van der Waals surface area contributed by atoms with Crippen molar-refractivity contribution in [2.45, 2.75) is 25.9 Å². The SMILES string of the molecule is CCS(=O)(=O)NC(CCSC)C(=O)Nc1cccc(C(=O)NCc2ccccn2)c1. The predicted molar refractivity (Wildman–Crippen MR) is 120 cm³/mol. The van der Waals surface area contributed by atoms with Crippen LogP contribution in [0.2, 0.25) is 0 Å². The highest BCUT2D eigenvalue weighted by Gasteiger charge is 2.23. The lowest BCUT2D eigenvalue weighted by Gasteiger charge is -2.18. The second-order valence-corrected chi connectivity index (χ2v) is 9.46. The number of hydrogen-bond acceptors (Lipinski definition) is 6. The zero-order valence-electron chi connectivity index (χ0n) is 16.9. The smallest absolute Gasteiger partial charge is 0.251 e. The standard InChI is InChI=1S/C20H26N4O4S2/c1-3-30(27,28)24-18(10-12-29-2)20(26)23-16-9-6-7-15(13-16)19(25)22-14-17-8-4-5-11-21-17/h4-9,11,13,18,24H,3,10,12,14H2,1-2H3,(H,22,25)(H,23,26). The normalized spacial score (nSPS) is 12.2. The molecule has 2 amide bonds. The van der Waals surface area contributed by atoms with Gasteiger partial charge in [-0.3, -0.25) is 14.6 Å². The average Bonchev–Trinajstić information content (AvgIpc) is 2.75. The molecule has 8 nitrogen and oxygen atoms in total. The van der Waals surface area contributed by atoms with Gasteiger partial charge in [0, 0.05) is 17.4 Å². The molecule has 10 heteroatoms. The average molecular weight is 451 g/mol. The van der Waals surface area contributed by atoms with Crippen molar-refractivity contribution in [1.29, 1.82) is 0 Å². The monoisotopic (exact) mass is 450 g/mol. The first kappa shape index (κ1) is 23.8. The third-order valence-electron chi connectivity index (χ3n) is 4.18. The van der Waals surface area contributed by atoms with Crippen LogP contribution in [-0.4, -0.2) is 49.0 Å². The maximum absolute atomic E-state index is 12.6. The molecule has 0 bridgehead atoms. The van der Waals surface area contributed by atoms with E-state index in [2.05, 4.69) is 20.3 Å². The minimum atomic E-state index is -3.53. The molecular weight excluding hydrogens is 424 g/mol. The van der Waals surface area contributed by atoms with E-state index < -0.39 is 22.0 Å². The summed E-state index contributed by atoms with van der Waals surface area (Å²) in [6, 6.07) is 11.0. The molecule has 0 radical (unpaired) electrons. The lowest BCUT2D eigenvalue weighted by atomic mass is 10.1. The Kier molecular flexibility index (Phi) is 9.28. The summed E-state index contributed by atoms with van der Waals surface area (Å²) < 4.78 is 26.2. The zero-order chi connectivity index (χ0) is 22.0. The van der Waals surface area contributed by atoms with Crippen LogP contribution in [0.25, 0.3) is 0 Å². The maximum Gasteiger partial charge on any atom is 0.251 e. The molecule has 0 aliphatic carbocycles. The molecule has 162 valence electrons. The highest BCUT2D eigenvalue weighted by atomic mass is 32.2. The lowest BCUT2D eigenvalue weighted by Crippen LogP contribution is -2.44. The van der Waals surface area contributed by atoms with Crippen LogP contribution in [0, 0.1) is 0 Å². The van der Waals surface area contributed by atoms with Gasteiger partial charge in [0.25, 0.3) is 5.91 Å². The Balaban J connectivity index is 2.04. The molecule has 0 fully saturated rings. The van der Waals surface area contributed by atoms with E-state index in [9.17, 15) is 18.0 Å². The molecule has 0 saturated heterocycles. The largest absolute Gasteiger partial charge is 0.346 e. The van der Waals surface area contributed by atoms with Gasteiger partial charge >= 0.3 is 0 Å². The fourth-order valence-electron chi connectivity index (χ4n) is 2.52. The summed E-state index contributed by atoms with van der Waals surface area (Å²) in [5, 5.41) is 5.48. The number of nitrogens with one attached hydrogen (secondary N) is 3. The number of benzene rings is 1. The number of carbonyl (C=O) groups excluding carboxylic acids is 2. The maximum atomic E-state index is 12.6. The zero-order valence-corrected chi connectivity index (χ0v) is 18.6. The molecule has 1 heterocycles. The second-order valence-electron chi connectivity index (χ2n) is 6.43. The molecule has 0 spiro atoms. The van der Waals surface area contributed by atoms with E-state index >= 15 is 0 Å². The molecule has 30 heavy (non-hydrogen) atoms. The van der Waals surface area contributed by atoms with Crippen LogP contribution in [0.5, 0.6) is 0 Å². The van der Waals surface area contributed by atoms with Gasteiger partial charge < -0.3 is 10.6 Å². The van der Waals surface area contributed by atoms with Crippen molar-refractivity contribution in [2.24, 2.45) is 0 Å². The van der Waals surface area contributed by atoms with E-state index in [1.807, 2.05) is 18.4 Å². The van der Waals surface area contributed by atoms with E-state index in [1.165, 1.54) is 18.7 Å². The summed E-state index contributed by atoms with van der Waals surface area (Å²) in [7, 11) is -3.53. The second kappa shape index (κ2) is 11.7. The van der Waals surface area contributed by atoms with Crippen molar-refractivity contribution in [3.63, 3.8) is 0 Å². The van der Waals surface area contributed by atoms with E-state index in [4.69, 9.17) is 0 Å². The van der Waals surface area contributed by atoms with E-state index in [0.29, 0.717) is 23.4 Å². The minimum Gasteiger partial charge on any atom is -0.346 e. The van der Waals surface area contributed by atoms with Crippen molar-refractivity contribution in [3.8, 4) is 0 Å². The molecular formula is C20H26N4O4S2. The number of nitrogens with zero attached hydrogens (tertiary/aromatic N) is 1. The third-order valence-corrected chi connectivity index (χ3v) is 6.23. The quantitative estimate of drug-likeness (QED) is 0.482. The Morgan fingerprint density at radius 3 is 2.63 bits per heavy atom. The van der Waals surface area contributed by atoms with Gasteiger partial charge in [0.2, 0.25) is 15.9 Å². The number of anilines is 1. The molecule has 1 unspecified atom stereocenters. The summed E-state index contributed by atoms with van der Waals surface area (Å²) in [6.07, 6.45) is 3.89. The first-order valence-corrected chi connectivity index (χ1v) is 12.5. The van der Waals surface area contributed by atoms with Gasteiger partial charge in [-0.05, 0) is 55.7 Å². The van der Waals surface area contributed by atoms with Gasteiger partial charge in [-0.15, -0.1) is 0 Å². The van der Waals surface area contributed by atoms with Crippen LogP contribution in [0.3, 0.4) is 0 Å². The molecule has 2 aromatic rings. The summed E-state index contributed by atoms with van der Waals surface area (Å²) in [5.41, 5.74) is 1.52. The molecule has 2 rings (SSSR count). The van der Waals surface area contributed by atoms with Crippen molar-refractivity contribution >= 4 is 39.3 Å². The predicted octanol–water partition coefficient (Wildman–Crippen LogP) is 2.01. The summed E-state index contributed by atoms with van der Waals surface area (Å²) in [4.78, 5) is 29.2. The molecule has 0 aliphatic heterocycles. The molecule has 0 saturated carbocycles. The van der Waals surface area contributed by atoms with Gasteiger partial charge in [0.05, 0.1) is 18.0 Å². The highest BCUT2D eigenvalue weighted by molar-refractivity contribution is 7.98. The van der Waals surface area contributed by atoms with Crippen LogP contribution in [0.1, 0.15) is 29.4 Å². The van der Waals surface area contributed by atoms with E-state index in [0.717, 1.165) is 5.69 Å². The van der Waals surface area contributed by atoms with Crippen molar-refractivity contribution in [3.05, 3.63) is 59.9 Å². The number of hydrogen-bond donors (Lipinski definition) is 3. The van der Waals surface area contributed by atoms with Crippen molar-refractivity contribution in [1.82, 2.24) is 15.0 Å². The highest BCUT2D eigenvalue weighted by Crippen LogP contribution is 2.13. The Hall–Kier alpha value is -2.43. The number of aromatic nitrogens is 1. The van der Waals surface area contributed by atoms with Gasteiger partial charge in [-0.25, -0.2) is 13.1 Å². The van der Waals surface area contributed by atoms with Gasteiger partial charge in [0.15, 0.2) is 0 Å². The first-order valence-electron chi connectivity index (χ1n) is 9.42. The minimum absolute atomic E-state index is 0.109. The van der Waals surface area contributed by atoms with Crippen molar-refractivity contribution < 1.29 is 18.0 Å². The van der Waals surface area contributed by atoms with Crippen LogP contribution in [0.4, 0.5) is 5.69 Å². The topological polar surface area (TPSA) is 117 Å². The van der Waals surface area contributed by atoms with Gasteiger partial charge in [-0.1, -0.05) is 12.1 Å². The number of carbonyl (C=O) groups is 2. The van der Waals surface area contributed by atoms with Gasteiger partial charge in [0.1, 0.15) is 6.04 Å².